The lowest BCUT2D eigenvalue weighted by Gasteiger charge is -2.21. The molecule has 0 atom stereocenters. The van der Waals surface area contributed by atoms with Crippen molar-refractivity contribution in [1.29, 1.82) is 0 Å². The van der Waals surface area contributed by atoms with Crippen LogP contribution in [0.5, 0.6) is 0 Å². The van der Waals surface area contributed by atoms with Crippen LogP contribution >= 0.6 is 0 Å². The number of unbranched alkanes of at least 4 members (excludes halogenated alkanes) is 5. The maximum absolute atomic E-state index is 11.6. The van der Waals surface area contributed by atoms with Crippen LogP contribution in [0.1, 0.15) is 86.5 Å². The van der Waals surface area contributed by atoms with Gasteiger partial charge in [0.1, 0.15) is 11.2 Å². The van der Waals surface area contributed by atoms with Gasteiger partial charge in [0.25, 0.3) is 0 Å². The van der Waals surface area contributed by atoms with Gasteiger partial charge in [0, 0.05) is 26.2 Å². The first-order valence-corrected chi connectivity index (χ1v) is 11.2. The third-order valence-corrected chi connectivity index (χ3v) is 4.07. The zero-order valence-corrected chi connectivity index (χ0v) is 20.2. The first kappa shape index (κ1) is 28.8. The van der Waals surface area contributed by atoms with Gasteiger partial charge in [-0.2, -0.15) is 0 Å². The summed E-state index contributed by atoms with van der Waals surface area (Å²) in [6, 6.07) is 0. The van der Waals surface area contributed by atoms with E-state index in [4.69, 9.17) is 9.47 Å². The van der Waals surface area contributed by atoms with Crippen LogP contribution < -0.4 is 10.6 Å². The van der Waals surface area contributed by atoms with Gasteiger partial charge < -0.3 is 30.1 Å². The molecular weight excluding hydrogens is 402 g/mol. The third-order valence-electron chi connectivity index (χ3n) is 4.07. The Hall–Kier alpha value is -2.19. The molecule has 0 bridgehead atoms. The second-order valence-electron chi connectivity index (χ2n) is 9.60. The standard InChI is InChI=1S/C22H43N3O6/c1-21(2,3)30-18(26)23-14-11-9-7-8-10-12-16-25(20(28)29)17-13-15-24-19(27)31-22(4,5)6/h7-17H2,1-6H3,(H,23,26)(H,24,27)(H,28,29). The minimum absolute atomic E-state index is 0.371. The molecule has 3 N–H and O–H groups in total. The molecule has 9 heteroatoms. The summed E-state index contributed by atoms with van der Waals surface area (Å²) in [4.78, 5) is 35.8. The van der Waals surface area contributed by atoms with Crippen LogP contribution in [0, 0.1) is 0 Å². The van der Waals surface area contributed by atoms with Crippen LogP contribution in [-0.2, 0) is 9.47 Å². The molecule has 0 radical (unpaired) electrons. The van der Waals surface area contributed by atoms with E-state index in [1.54, 1.807) is 20.8 Å². The molecule has 3 amide bonds. The highest BCUT2D eigenvalue weighted by atomic mass is 16.6. The van der Waals surface area contributed by atoms with Crippen molar-refractivity contribution in [2.24, 2.45) is 0 Å². The third kappa shape index (κ3) is 19.5. The molecule has 0 aromatic carbocycles. The molecule has 0 aliphatic carbocycles. The lowest BCUT2D eigenvalue weighted by molar-refractivity contribution is 0.0514. The number of alkyl carbamates (subject to hydrolysis) is 2. The predicted molar refractivity (Wildman–Crippen MR) is 120 cm³/mol. The Morgan fingerprint density at radius 2 is 1.06 bits per heavy atom. The molecule has 31 heavy (non-hydrogen) atoms. The molecule has 0 aliphatic heterocycles. The van der Waals surface area contributed by atoms with Crippen molar-refractivity contribution >= 4 is 18.3 Å². The molecule has 182 valence electrons. The molecular formula is C22H43N3O6. The molecule has 0 unspecified atom stereocenters. The van der Waals surface area contributed by atoms with Gasteiger partial charge >= 0.3 is 18.3 Å². The second kappa shape index (κ2) is 14.8. The fourth-order valence-electron chi connectivity index (χ4n) is 2.72. The highest BCUT2D eigenvalue weighted by Gasteiger charge is 2.16. The van der Waals surface area contributed by atoms with Crippen LogP contribution in [0.25, 0.3) is 0 Å². The Labute approximate surface area is 187 Å². The van der Waals surface area contributed by atoms with Crippen molar-refractivity contribution in [2.45, 2.75) is 97.7 Å². The Bertz CT molecular complexity index is 540. The second-order valence-corrected chi connectivity index (χ2v) is 9.60. The van der Waals surface area contributed by atoms with Crippen molar-refractivity contribution in [2.75, 3.05) is 26.2 Å². The Balaban J connectivity index is 3.74. The van der Waals surface area contributed by atoms with Crippen LogP contribution in [0.2, 0.25) is 0 Å². The Morgan fingerprint density at radius 3 is 1.52 bits per heavy atom. The summed E-state index contributed by atoms with van der Waals surface area (Å²) in [6.45, 7) is 12.7. The highest BCUT2D eigenvalue weighted by molar-refractivity contribution is 5.68. The van der Waals surface area contributed by atoms with E-state index in [1.165, 1.54) is 4.90 Å². The molecule has 0 fully saturated rings. The van der Waals surface area contributed by atoms with E-state index >= 15 is 0 Å². The molecule has 0 aliphatic rings. The van der Waals surface area contributed by atoms with Gasteiger partial charge in [-0.3, -0.25) is 0 Å². The zero-order chi connectivity index (χ0) is 23.9. The average Bonchev–Trinajstić information content (AvgIpc) is 2.58. The lowest BCUT2D eigenvalue weighted by Crippen LogP contribution is -2.36. The number of carbonyl (C=O) groups is 3. The predicted octanol–water partition coefficient (Wildman–Crippen LogP) is 4.75. The number of hydrogen-bond donors (Lipinski definition) is 3. The molecule has 0 rings (SSSR count). The maximum atomic E-state index is 11.6. The molecule has 0 aromatic rings. The van der Waals surface area contributed by atoms with E-state index in [0.717, 1.165) is 38.5 Å². The van der Waals surface area contributed by atoms with E-state index in [-0.39, 0.29) is 6.09 Å². The minimum atomic E-state index is -0.939. The van der Waals surface area contributed by atoms with Crippen LogP contribution in [0.15, 0.2) is 0 Å². The van der Waals surface area contributed by atoms with Crippen molar-refractivity contribution < 1.29 is 29.0 Å². The summed E-state index contributed by atoms with van der Waals surface area (Å²) >= 11 is 0. The van der Waals surface area contributed by atoms with Gasteiger partial charge in [-0.05, 0) is 60.8 Å². The largest absolute Gasteiger partial charge is 0.465 e. The quantitative estimate of drug-likeness (QED) is 0.352. The molecule has 0 spiro atoms. The Kier molecular flexibility index (Phi) is 13.7. The number of carboxylic acid groups (broad SMARTS) is 1. The maximum Gasteiger partial charge on any atom is 0.407 e. The van der Waals surface area contributed by atoms with Crippen molar-refractivity contribution in [3.05, 3.63) is 0 Å². The number of amides is 3. The van der Waals surface area contributed by atoms with Gasteiger partial charge in [-0.15, -0.1) is 0 Å². The van der Waals surface area contributed by atoms with Crippen LogP contribution in [-0.4, -0.2) is 65.7 Å². The number of ether oxygens (including phenoxy) is 2. The summed E-state index contributed by atoms with van der Waals surface area (Å²) in [6.07, 6.45) is 4.46. The Morgan fingerprint density at radius 1 is 0.677 bits per heavy atom. The molecule has 0 saturated carbocycles. The first-order chi connectivity index (χ1) is 14.3. The summed E-state index contributed by atoms with van der Waals surface area (Å²) in [5, 5.41) is 14.7. The van der Waals surface area contributed by atoms with Crippen molar-refractivity contribution in [3.8, 4) is 0 Å². The number of hydrogen-bond acceptors (Lipinski definition) is 5. The zero-order valence-electron chi connectivity index (χ0n) is 20.2. The van der Waals surface area contributed by atoms with Gasteiger partial charge in [-0.1, -0.05) is 25.7 Å². The van der Waals surface area contributed by atoms with Gasteiger partial charge in [0.15, 0.2) is 0 Å². The number of carbonyl (C=O) groups excluding carboxylic acids is 2. The van der Waals surface area contributed by atoms with Crippen molar-refractivity contribution in [3.63, 3.8) is 0 Å². The molecule has 0 aromatic heterocycles. The van der Waals surface area contributed by atoms with E-state index in [9.17, 15) is 19.5 Å². The monoisotopic (exact) mass is 445 g/mol. The SMILES string of the molecule is CC(C)(C)OC(=O)NCCCCCCCCN(CCCNC(=O)OC(C)(C)C)C(=O)O. The van der Waals surface area contributed by atoms with Crippen LogP contribution in [0.4, 0.5) is 14.4 Å². The first-order valence-electron chi connectivity index (χ1n) is 11.2. The van der Waals surface area contributed by atoms with Gasteiger partial charge in [-0.25, -0.2) is 14.4 Å². The fraction of sp³-hybridized carbons (Fsp3) is 0.864. The minimum Gasteiger partial charge on any atom is -0.465 e. The topological polar surface area (TPSA) is 117 Å². The molecule has 0 heterocycles. The van der Waals surface area contributed by atoms with E-state index in [0.29, 0.717) is 32.6 Å². The number of nitrogens with zero attached hydrogens (tertiary/aromatic N) is 1. The van der Waals surface area contributed by atoms with Crippen LogP contribution in [0.3, 0.4) is 0 Å². The smallest absolute Gasteiger partial charge is 0.407 e. The summed E-state index contributed by atoms with van der Waals surface area (Å²) in [5.74, 6) is 0. The number of nitrogens with one attached hydrogen (secondary N) is 2. The molecule has 0 saturated heterocycles. The molecule has 9 nitrogen and oxygen atoms in total. The summed E-state index contributed by atoms with van der Waals surface area (Å²) in [5.41, 5.74) is -1.03. The number of rotatable bonds is 13. The normalized spacial score (nSPS) is 11.5. The van der Waals surface area contributed by atoms with E-state index in [2.05, 4.69) is 10.6 Å². The summed E-state index contributed by atoms with van der Waals surface area (Å²) in [7, 11) is 0. The van der Waals surface area contributed by atoms with E-state index in [1.807, 2.05) is 20.8 Å². The lowest BCUT2D eigenvalue weighted by atomic mass is 10.1. The van der Waals surface area contributed by atoms with Gasteiger partial charge in [0.2, 0.25) is 0 Å². The highest BCUT2D eigenvalue weighted by Crippen LogP contribution is 2.09. The van der Waals surface area contributed by atoms with Crippen molar-refractivity contribution in [1.82, 2.24) is 15.5 Å². The average molecular weight is 446 g/mol. The summed E-state index contributed by atoms with van der Waals surface area (Å²) < 4.78 is 10.3. The van der Waals surface area contributed by atoms with E-state index < -0.39 is 23.4 Å². The van der Waals surface area contributed by atoms with Gasteiger partial charge in [0.05, 0.1) is 0 Å². The fourth-order valence-corrected chi connectivity index (χ4v) is 2.72.